The summed E-state index contributed by atoms with van der Waals surface area (Å²) in [6, 6.07) is 20.9. The second-order valence-electron chi connectivity index (χ2n) is 4.72. The molecule has 2 aromatic rings. The van der Waals surface area contributed by atoms with Crippen LogP contribution in [-0.2, 0) is 13.1 Å². The minimum Gasteiger partial charge on any atom is -0.330 e. The Morgan fingerprint density at radius 2 is 1.25 bits per heavy atom. The van der Waals surface area contributed by atoms with Crippen molar-refractivity contribution >= 4 is 0 Å². The van der Waals surface area contributed by atoms with Gasteiger partial charge in [-0.25, -0.2) is 0 Å². The van der Waals surface area contributed by atoms with Crippen LogP contribution in [0.25, 0.3) is 0 Å². The van der Waals surface area contributed by atoms with Gasteiger partial charge in [0.15, 0.2) is 0 Å². The highest BCUT2D eigenvalue weighted by molar-refractivity contribution is 5.16. The third-order valence-electron chi connectivity index (χ3n) is 2.90. The fourth-order valence-corrected chi connectivity index (χ4v) is 1.75. The van der Waals surface area contributed by atoms with Crippen molar-refractivity contribution in [3.63, 3.8) is 0 Å². The van der Waals surface area contributed by atoms with Gasteiger partial charge in [0.1, 0.15) is 0 Å². The molecule has 0 aliphatic rings. The van der Waals surface area contributed by atoms with Crippen LogP contribution in [0.15, 0.2) is 60.7 Å². The largest absolute Gasteiger partial charge is 0.330 e. The molecule has 2 nitrogen and oxygen atoms in total. The fraction of sp³-hybridized carbons (Fsp3) is 0.333. The Labute approximate surface area is 123 Å². The molecule has 2 heteroatoms. The van der Waals surface area contributed by atoms with Gasteiger partial charge in [-0.2, -0.15) is 0 Å². The van der Waals surface area contributed by atoms with Crippen molar-refractivity contribution < 1.29 is 0 Å². The number of hydrogen-bond acceptors (Lipinski definition) is 2. The van der Waals surface area contributed by atoms with E-state index in [0.29, 0.717) is 0 Å². The summed E-state index contributed by atoms with van der Waals surface area (Å²) in [5.74, 6) is 0. The van der Waals surface area contributed by atoms with Crippen LogP contribution in [0.2, 0.25) is 0 Å². The number of nitrogens with one attached hydrogen (secondary N) is 1. The first kappa shape index (κ1) is 16.4. The molecule has 0 radical (unpaired) electrons. The molecule has 0 spiro atoms. The third-order valence-corrected chi connectivity index (χ3v) is 2.90. The third kappa shape index (κ3) is 7.72. The minimum atomic E-state index is 0.844. The van der Waals surface area contributed by atoms with E-state index >= 15 is 0 Å². The molecule has 0 fully saturated rings. The molecule has 0 saturated carbocycles. The highest BCUT2D eigenvalue weighted by atomic mass is 14.8. The lowest BCUT2D eigenvalue weighted by molar-refractivity contribution is 0.693. The molecule has 2 rings (SSSR count). The molecule has 0 bridgehead atoms. The molecule has 0 aliphatic heterocycles. The molecule has 0 amide bonds. The van der Waals surface area contributed by atoms with E-state index in [0.717, 1.165) is 19.6 Å². The van der Waals surface area contributed by atoms with Crippen LogP contribution in [0, 0.1) is 0 Å². The summed E-state index contributed by atoms with van der Waals surface area (Å²) in [6.07, 6.45) is 2.39. The minimum absolute atomic E-state index is 0.844. The summed E-state index contributed by atoms with van der Waals surface area (Å²) >= 11 is 0. The van der Waals surface area contributed by atoms with E-state index in [1.165, 1.54) is 24.0 Å². The molecular formula is C18H26N2. The second kappa shape index (κ2) is 11.2. The smallest absolute Gasteiger partial charge is 0.0208 e. The molecule has 0 aliphatic carbocycles. The zero-order valence-corrected chi connectivity index (χ0v) is 12.4. The van der Waals surface area contributed by atoms with Gasteiger partial charge in [0.05, 0.1) is 0 Å². The highest BCUT2D eigenvalue weighted by Gasteiger charge is 1.92. The lowest BCUT2D eigenvalue weighted by atomic mass is 10.2. The van der Waals surface area contributed by atoms with Gasteiger partial charge >= 0.3 is 0 Å². The van der Waals surface area contributed by atoms with Crippen LogP contribution in [0.5, 0.6) is 0 Å². The van der Waals surface area contributed by atoms with E-state index in [4.69, 9.17) is 5.73 Å². The molecule has 3 N–H and O–H groups in total. The van der Waals surface area contributed by atoms with E-state index in [1.807, 2.05) is 12.1 Å². The molecule has 0 saturated heterocycles. The number of hydrogen-bond donors (Lipinski definition) is 2. The fourth-order valence-electron chi connectivity index (χ4n) is 1.75. The van der Waals surface area contributed by atoms with Crippen molar-refractivity contribution in [2.24, 2.45) is 5.73 Å². The predicted molar refractivity (Wildman–Crippen MR) is 87.4 cm³/mol. The Bertz CT molecular complexity index is 384. The van der Waals surface area contributed by atoms with Gasteiger partial charge in [-0.1, -0.05) is 74.0 Å². The van der Waals surface area contributed by atoms with Gasteiger partial charge in [-0.3, -0.25) is 0 Å². The molecule has 0 atom stereocenters. The summed E-state index contributed by atoms with van der Waals surface area (Å²) in [5.41, 5.74) is 7.79. The van der Waals surface area contributed by atoms with Gasteiger partial charge in [0.25, 0.3) is 0 Å². The van der Waals surface area contributed by atoms with Crippen molar-refractivity contribution in [3.05, 3.63) is 71.8 Å². The van der Waals surface area contributed by atoms with E-state index in [-0.39, 0.29) is 0 Å². The molecule has 0 aromatic heterocycles. The van der Waals surface area contributed by atoms with E-state index in [2.05, 4.69) is 60.8 Å². The molecule has 0 unspecified atom stereocenters. The summed E-state index contributed by atoms with van der Waals surface area (Å²) < 4.78 is 0. The Morgan fingerprint density at radius 1 is 0.800 bits per heavy atom. The normalized spacial score (nSPS) is 9.70. The van der Waals surface area contributed by atoms with Crippen LogP contribution in [0.4, 0.5) is 0 Å². The number of unbranched alkanes of at least 4 members (excludes halogenated alkanes) is 1. The summed E-state index contributed by atoms with van der Waals surface area (Å²) in [5, 5.41) is 3.42. The zero-order chi connectivity index (χ0) is 14.5. The van der Waals surface area contributed by atoms with Crippen LogP contribution < -0.4 is 11.1 Å². The van der Waals surface area contributed by atoms with Gasteiger partial charge in [0.2, 0.25) is 0 Å². The second-order valence-corrected chi connectivity index (χ2v) is 4.72. The Balaban J connectivity index is 0.000000347. The van der Waals surface area contributed by atoms with Crippen molar-refractivity contribution in [1.29, 1.82) is 0 Å². The van der Waals surface area contributed by atoms with E-state index in [1.54, 1.807) is 0 Å². The quantitative estimate of drug-likeness (QED) is 0.839. The summed E-state index contributed by atoms with van der Waals surface area (Å²) in [6.45, 7) is 4.83. The summed E-state index contributed by atoms with van der Waals surface area (Å²) in [7, 11) is 0. The summed E-state index contributed by atoms with van der Waals surface area (Å²) in [4.78, 5) is 0. The number of rotatable bonds is 6. The Morgan fingerprint density at radius 3 is 1.55 bits per heavy atom. The molecule has 2 aromatic carbocycles. The van der Waals surface area contributed by atoms with Crippen molar-refractivity contribution in [3.8, 4) is 0 Å². The van der Waals surface area contributed by atoms with Gasteiger partial charge in [-0.05, 0) is 24.1 Å². The van der Waals surface area contributed by atoms with Gasteiger partial charge < -0.3 is 11.1 Å². The average molecular weight is 270 g/mol. The van der Waals surface area contributed by atoms with Gasteiger partial charge in [-0.15, -0.1) is 0 Å². The highest BCUT2D eigenvalue weighted by Crippen LogP contribution is 2.00. The topological polar surface area (TPSA) is 38.0 Å². The van der Waals surface area contributed by atoms with Crippen LogP contribution in [-0.4, -0.2) is 6.54 Å². The van der Waals surface area contributed by atoms with Crippen molar-refractivity contribution in [2.75, 3.05) is 6.54 Å². The standard InChI is InChI=1S/C14H15N.C4H11N/c1-3-7-13(8-4-1)11-15-12-14-9-5-2-6-10-14;1-2-3-4-5/h1-10,15H,11-12H2;2-5H2,1H3. The van der Waals surface area contributed by atoms with Crippen LogP contribution in [0.3, 0.4) is 0 Å². The predicted octanol–water partition coefficient (Wildman–Crippen LogP) is 3.72. The molecule has 20 heavy (non-hydrogen) atoms. The number of nitrogens with two attached hydrogens (primary N) is 1. The maximum absolute atomic E-state index is 5.14. The SMILES string of the molecule is CCCCN.c1ccc(CNCc2ccccc2)cc1. The number of benzene rings is 2. The molecule has 108 valence electrons. The monoisotopic (exact) mass is 270 g/mol. The first-order valence-corrected chi connectivity index (χ1v) is 7.35. The van der Waals surface area contributed by atoms with Crippen molar-refractivity contribution in [1.82, 2.24) is 5.32 Å². The molecule has 0 heterocycles. The van der Waals surface area contributed by atoms with E-state index < -0.39 is 0 Å². The first-order chi connectivity index (χ1) is 9.86. The van der Waals surface area contributed by atoms with Crippen LogP contribution in [0.1, 0.15) is 30.9 Å². The lowest BCUT2D eigenvalue weighted by Gasteiger charge is -2.04. The van der Waals surface area contributed by atoms with E-state index in [9.17, 15) is 0 Å². The van der Waals surface area contributed by atoms with Crippen LogP contribution >= 0.6 is 0 Å². The van der Waals surface area contributed by atoms with Crippen molar-refractivity contribution in [2.45, 2.75) is 32.9 Å². The zero-order valence-electron chi connectivity index (χ0n) is 12.4. The Kier molecular flexibility index (Phi) is 9.20. The molecular weight excluding hydrogens is 244 g/mol. The maximum Gasteiger partial charge on any atom is 0.0208 e. The first-order valence-electron chi connectivity index (χ1n) is 7.35. The Hall–Kier alpha value is -1.64. The average Bonchev–Trinajstić information content (AvgIpc) is 2.51. The van der Waals surface area contributed by atoms with Gasteiger partial charge in [0, 0.05) is 13.1 Å². The lowest BCUT2D eigenvalue weighted by Crippen LogP contribution is -2.12. The maximum atomic E-state index is 5.14.